The van der Waals surface area contributed by atoms with Gasteiger partial charge >= 0.3 is 0 Å². The molecule has 0 fully saturated rings. The lowest BCUT2D eigenvalue weighted by Gasteiger charge is -2.16. The van der Waals surface area contributed by atoms with Crippen LogP contribution >= 0.6 is 0 Å². The van der Waals surface area contributed by atoms with Crippen molar-refractivity contribution < 1.29 is 4.74 Å². The second-order valence-electron chi connectivity index (χ2n) is 4.45. The highest BCUT2D eigenvalue weighted by Gasteiger charge is 2.06. The summed E-state index contributed by atoms with van der Waals surface area (Å²) in [4.78, 5) is 4.18. The molecule has 0 radical (unpaired) electrons. The third-order valence-corrected chi connectivity index (χ3v) is 2.86. The molecule has 96 valence electrons. The topological polar surface area (TPSA) is 34.2 Å². The van der Waals surface area contributed by atoms with Crippen molar-refractivity contribution in [3.63, 3.8) is 0 Å². The molecule has 0 aliphatic heterocycles. The van der Waals surface area contributed by atoms with Crippen LogP contribution in [0.3, 0.4) is 0 Å². The molecule has 1 atom stereocenters. The van der Waals surface area contributed by atoms with Gasteiger partial charge in [-0.05, 0) is 25.5 Å². The number of methoxy groups -OCH3 is 1. The van der Waals surface area contributed by atoms with Gasteiger partial charge in [-0.2, -0.15) is 0 Å². The fourth-order valence-corrected chi connectivity index (χ4v) is 1.88. The highest BCUT2D eigenvalue weighted by atomic mass is 16.5. The molecular weight excluding hydrogens is 212 g/mol. The summed E-state index contributed by atoms with van der Waals surface area (Å²) >= 11 is 0. The summed E-state index contributed by atoms with van der Waals surface area (Å²) in [6.45, 7) is 4.45. The summed E-state index contributed by atoms with van der Waals surface area (Å²) in [6, 6.07) is 4.40. The van der Waals surface area contributed by atoms with Crippen LogP contribution in [-0.2, 0) is 0 Å². The molecule has 0 saturated heterocycles. The number of anilines is 1. The number of hydrogen-bond donors (Lipinski definition) is 1. The molecule has 3 heteroatoms. The second kappa shape index (κ2) is 7.93. The minimum absolute atomic E-state index is 0.463. The van der Waals surface area contributed by atoms with Crippen LogP contribution in [-0.4, -0.2) is 18.1 Å². The van der Waals surface area contributed by atoms with E-state index in [4.69, 9.17) is 4.74 Å². The maximum atomic E-state index is 5.22. The van der Waals surface area contributed by atoms with Crippen molar-refractivity contribution in [2.45, 2.75) is 52.0 Å². The maximum absolute atomic E-state index is 5.22. The molecule has 0 aliphatic rings. The molecule has 1 aromatic rings. The second-order valence-corrected chi connectivity index (χ2v) is 4.45. The van der Waals surface area contributed by atoms with Crippen LogP contribution in [0.15, 0.2) is 18.3 Å². The lowest BCUT2D eigenvalue weighted by Crippen LogP contribution is -2.15. The molecule has 0 aliphatic carbocycles. The van der Waals surface area contributed by atoms with Crippen LogP contribution in [0.2, 0.25) is 0 Å². The number of unbranched alkanes of at least 4 members (excludes halogenated alkanes) is 3. The highest BCUT2D eigenvalue weighted by molar-refractivity contribution is 5.52. The summed E-state index contributed by atoms with van der Waals surface area (Å²) in [5, 5.41) is 3.45. The minimum Gasteiger partial charge on any atom is -0.480 e. The summed E-state index contributed by atoms with van der Waals surface area (Å²) in [5.41, 5.74) is 0.984. The first kappa shape index (κ1) is 13.8. The van der Waals surface area contributed by atoms with E-state index in [1.54, 1.807) is 13.3 Å². The van der Waals surface area contributed by atoms with E-state index < -0.39 is 0 Å². The van der Waals surface area contributed by atoms with Gasteiger partial charge in [0, 0.05) is 12.2 Å². The lowest BCUT2D eigenvalue weighted by molar-refractivity contribution is 0.399. The molecule has 1 aromatic heterocycles. The van der Waals surface area contributed by atoms with Gasteiger partial charge in [-0.1, -0.05) is 32.6 Å². The average molecular weight is 236 g/mol. The van der Waals surface area contributed by atoms with E-state index in [1.165, 1.54) is 32.1 Å². The number of ether oxygens (including phenoxy) is 1. The summed E-state index contributed by atoms with van der Waals surface area (Å²) < 4.78 is 5.22. The first-order valence-corrected chi connectivity index (χ1v) is 6.53. The molecule has 0 aromatic carbocycles. The average Bonchev–Trinajstić information content (AvgIpc) is 2.35. The van der Waals surface area contributed by atoms with E-state index in [9.17, 15) is 0 Å². The van der Waals surface area contributed by atoms with Gasteiger partial charge < -0.3 is 10.1 Å². The Balaban J connectivity index is 2.36. The zero-order valence-electron chi connectivity index (χ0n) is 11.2. The molecule has 0 amide bonds. The van der Waals surface area contributed by atoms with E-state index in [-0.39, 0.29) is 0 Å². The largest absolute Gasteiger partial charge is 0.480 e. The lowest BCUT2D eigenvalue weighted by atomic mass is 10.1. The van der Waals surface area contributed by atoms with E-state index in [1.807, 2.05) is 12.1 Å². The number of aromatic nitrogens is 1. The van der Waals surface area contributed by atoms with Crippen LogP contribution in [0.25, 0.3) is 0 Å². The summed E-state index contributed by atoms with van der Waals surface area (Å²) in [7, 11) is 1.65. The Morgan fingerprint density at radius 1 is 1.35 bits per heavy atom. The quantitative estimate of drug-likeness (QED) is 0.696. The Morgan fingerprint density at radius 3 is 2.88 bits per heavy atom. The van der Waals surface area contributed by atoms with Crippen LogP contribution in [0.1, 0.15) is 46.0 Å². The number of rotatable bonds is 8. The zero-order chi connectivity index (χ0) is 12.5. The van der Waals surface area contributed by atoms with E-state index in [0.717, 1.165) is 5.69 Å². The Labute approximate surface area is 105 Å². The van der Waals surface area contributed by atoms with Crippen LogP contribution < -0.4 is 10.1 Å². The molecule has 1 heterocycles. The van der Waals surface area contributed by atoms with Crippen LogP contribution in [0.5, 0.6) is 5.88 Å². The van der Waals surface area contributed by atoms with E-state index >= 15 is 0 Å². The molecule has 0 spiro atoms. The summed E-state index contributed by atoms with van der Waals surface area (Å²) in [5.74, 6) is 0.674. The fourth-order valence-electron chi connectivity index (χ4n) is 1.88. The molecule has 0 saturated carbocycles. The predicted molar refractivity (Wildman–Crippen MR) is 72.6 cm³/mol. The van der Waals surface area contributed by atoms with Gasteiger partial charge in [-0.3, -0.25) is 0 Å². The first-order valence-electron chi connectivity index (χ1n) is 6.53. The van der Waals surface area contributed by atoms with Crippen LogP contribution in [0.4, 0.5) is 5.69 Å². The third kappa shape index (κ3) is 5.07. The highest BCUT2D eigenvalue weighted by Crippen LogP contribution is 2.21. The Morgan fingerprint density at radius 2 is 2.18 bits per heavy atom. The van der Waals surface area contributed by atoms with Crippen molar-refractivity contribution in [2.24, 2.45) is 0 Å². The van der Waals surface area contributed by atoms with Crippen molar-refractivity contribution in [3.05, 3.63) is 18.3 Å². The fraction of sp³-hybridized carbons (Fsp3) is 0.643. The number of nitrogens with one attached hydrogen (secondary N) is 1. The third-order valence-electron chi connectivity index (χ3n) is 2.86. The number of pyridine rings is 1. The van der Waals surface area contributed by atoms with Crippen molar-refractivity contribution >= 4 is 5.69 Å². The van der Waals surface area contributed by atoms with Crippen LogP contribution in [0, 0.1) is 0 Å². The van der Waals surface area contributed by atoms with Gasteiger partial charge in [-0.15, -0.1) is 0 Å². The number of nitrogens with zero attached hydrogens (tertiary/aromatic N) is 1. The van der Waals surface area contributed by atoms with Crippen molar-refractivity contribution in [1.29, 1.82) is 0 Å². The minimum atomic E-state index is 0.463. The molecule has 17 heavy (non-hydrogen) atoms. The Hall–Kier alpha value is -1.25. The maximum Gasteiger partial charge on any atom is 0.237 e. The first-order chi connectivity index (χ1) is 8.27. The molecule has 1 rings (SSSR count). The monoisotopic (exact) mass is 236 g/mol. The molecule has 0 bridgehead atoms. The molecule has 3 nitrogen and oxygen atoms in total. The van der Waals surface area contributed by atoms with Gasteiger partial charge in [0.2, 0.25) is 5.88 Å². The van der Waals surface area contributed by atoms with Crippen molar-refractivity contribution in [2.75, 3.05) is 12.4 Å². The van der Waals surface area contributed by atoms with Gasteiger partial charge in [0.05, 0.1) is 12.8 Å². The smallest absolute Gasteiger partial charge is 0.237 e. The summed E-state index contributed by atoms with van der Waals surface area (Å²) in [6.07, 6.45) is 8.17. The Kier molecular flexibility index (Phi) is 6.45. The molecule has 1 unspecified atom stereocenters. The normalized spacial score (nSPS) is 12.2. The standard InChI is InChI=1S/C14H24N2O/c1-4-5-6-7-9-12(2)16-13-10-8-11-15-14(13)17-3/h8,10-12,16H,4-7,9H2,1-3H3. The van der Waals surface area contributed by atoms with Gasteiger partial charge in [-0.25, -0.2) is 4.98 Å². The van der Waals surface area contributed by atoms with Crippen molar-refractivity contribution in [1.82, 2.24) is 4.98 Å². The molecular formula is C14H24N2O. The zero-order valence-corrected chi connectivity index (χ0v) is 11.2. The van der Waals surface area contributed by atoms with Gasteiger partial charge in [0.15, 0.2) is 0 Å². The van der Waals surface area contributed by atoms with Crippen molar-refractivity contribution in [3.8, 4) is 5.88 Å². The Bertz CT molecular complexity index is 315. The van der Waals surface area contributed by atoms with Gasteiger partial charge in [0.25, 0.3) is 0 Å². The number of hydrogen-bond acceptors (Lipinski definition) is 3. The molecule has 1 N–H and O–H groups in total. The van der Waals surface area contributed by atoms with E-state index in [2.05, 4.69) is 24.1 Å². The predicted octanol–water partition coefficient (Wildman–Crippen LogP) is 3.86. The SMILES string of the molecule is CCCCCCC(C)Nc1cccnc1OC. The van der Waals surface area contributed by atoms with E-state index in [0.29, 0.717) is 11.9 Å². The van der Waals surface area contributed by atoms with Gasteiger partial charge in [0.1, 0.15) is 0 Å².